The van der Waals surface area contributed by atoms with E-state index in [4.69, 9.17) is 5.73 Å². The molecule has 0 heterocycles. The average Bonchev–Trinajstić information content (AvgIpc) is 2.48. The van der Waals surface area contributed by atoms with E-state index in [0.717, 1.165) is 18.3 Å². The predicted octanol–water partition coefficient (Wildman–Crippen LogP) is 5.46. The van der Waals surface area contributed by atoms with Crippen molar-refractivity contribution in [3.05, 3.63) is 34.3 Å². The summed E-state index contributed by atoms with van der Waals surface area (Å²) < 4.78 is 1.17. The van der Waals surface area contributed by atoms with Crippen molar-refractivity contribution in [2.45, 2.75) is 69.7 Å². The number of benzene rings is 1. The van der Waals surface area contributed by atoms with Gasteiger partial charge in [0.1, 0.15) is 0 Å². The van der Waals surface area contributed by atoms with E-state index < -0.39 is 0 Å². The summed E-state index contributed by atoms with van der Waals surface area (Å²) in [5.41, 5.74) is 8.43. The van der Waals surface area contributed by atoms with Crippen LogP contribution in [0.3, 0.4) is 0 Å². The van der Waals surface area contributed by atoms with Crippen LogP contribution < -0.4 is 5.73 Å². The lowest BCUT2D eigenvalue weighted by Crippen LogP contribution is -2.53. The largest absolute Gasteiger partial charge is 0.325 e. The van der Waals surface area contributed by atoms with Gasteiger partial charge >= 0.3 is 0 Å². The quantitative estimate of drug-likeness (QED) is 0.770. The first-order chi connectivity index (χ1) is 10.2. The molecule has 2 fully saturated rings. The van der Waals surface area contributed by atoms with Gasteiger partial charge in [-0.3, -0.25) is 0 Å². The molecule has 0 radical (unpaired) electrons. The zero-order valence-electron chi connectivity index (χ0n) is 13.0. The molecule has 2 N–H and O–H groups in total. The van der Waals surface area contributed by atoms with Crippen molar-refractivity contribution < 1.29 is 0 Å². The summed E-state index contributed by atoms with van der Waals surface area (Å²) >= 11 is 3.60. The van der Waals surface area contributed by atoms with Gasteiger partial charge in [0.25, 0.3) is 0 Å². The van der Waals surface area contributed by atoms with Crippen LogP contribution in [-0.4, -0.2) is 5.54 Å². The normalized spacial score (nSPS) is 31.2. The minimum atomic E-state index is 0.0288. The van der Waals surface area contributed by atoms with E-state index in [0.29, 0.717) is 0 Å². The van der Waals surface area contributed by atoms with Crippen LogP contribution in [0.2, 0.25) is 0 Å². The Morgan fingerprint density at radius 1 is 1.05 bits per heavy atom. The maximum absolute atomic E-state index is 7.00. The smallest absolute Gasteiger partial charge is 0.0226 e. The van der Waals surface area contributed by atoms with Crippen LogP contribution in [0.1, 0.15) is 63.4 Å². The van der Waals surface area contributed by atoms with Crippen LogP contribution in [-0.2, 0) is 6.42 Å². The zero-order valence-corrected chi connectivity index (χ0v) is 14.6. The van der Waals surface area contributed by atoms with Crippen molar-refractivity contribution in [2.24, 2.45) is 17.6 Å². The summed E-state index contributed by atoms with van der Waals surface area (Å²) in [6.07, 6.45) is 13.4. The maximum atomic E-state index is 7.00. The van der Waals surface area contributed by atoms with Gasteiger partial charge in [-0.1, -0.05) is 73.0 Å². The number of hydrogen-bond acceptors (Lipinski definition) is 1. The Morgan fingerprint density at radius 2 is 1.81 bits per heavy atom. The van der Waals surface area contributed by atoms with Crippen molar-refractivity contribution in [2.75, 3.05) is 0 Å². The van der Waals surface area contributed by atoms with Gasteiger partial charge in [-0.25, -0.2) is 0 Å². The van der Waals surface area contributed by atoms with Crippen molar-refractivity contribution in [1.29, 1.82) is 0 Å². The summed E-state index contributed by atoms with van der Waals surface area (Å²) in [4.78, 5) is 0. The zero-order chi connectivity index (χ0) is 14.7. The summed E-state index contributed by atoms with van der Waals surface area (Å²) in [7, 11) is 0. The topological polar surface area (TPSA) is 26.0 Å². The van der Waals surface area contributed by atoms with Gasteiger partial charge in [-0.05, 0) is 48.8 Å². The molecule has 116 valence electrons. The number of halogens is 1. The van der Waals surface area contributed by atoms with Gasteiger partial charge in [0.05, 0.1) is 0 Å². The first-order valence-corrected chi connectivity index (χ1v) is 9.50. The van der Waals surface area contributed by atoms with Crippen LogP contribution in [0.4, 0.5) is 0 Å². The molecule has 2 aliphatic rings. The lowest BCUT2D eigenvalue weighted by atomic mass is 9.62. The molecule has 0 bridgehead atoms. The molecular formula is C19H28BrN. The van der Waals surface area contributed by atoms with Crippen LogP contribution in [0, 0.1) is 11.8 Å². The van der Waals surface area contributed by atoms with E-state index in [1.165, 1.54) is 67.8 Å². The van der Waals surface area contributed by atoms with Gasteiger partial charge in [-0.15, -0.1) is 0 Å². The first kappa shape index (κ1) is 15.6. The average molecular weight is 350 g/mol. The third-order valence-corrected chi connectivity index (χ3v) is 6.28. The Labute approximate surface area is 137 Å². The monoisotopic (exact) mass is 349 g/mol. The molecule has 21 heavy (non-hydrogen) atoms. The second kappa shape index (κ2) is 6.83. The summed E-state index contributed by atoms with van der Waals surface area (Å²) in [5, 5.41) is 0. The van der Waals surface area contributed by atoms with Gasteiger partial charge in [0, 0.05) is 10.0 Å². The predicted molar refractivity (Wildman–Crippen MR) is 93.3 cm³/mol. The van der Waals surface area contributed by atoms with Gasteiger partial charge in [0.2, 0.25) is 0 Å². The highest BCUT2D eigenvalue weighted by atomic mass is 79.9. The second-order valence-corrected chi connectivity index (χ2v) is 8.21. The molecule has 2 aliphatic carbocycles. The van der Waals surface area contributed by atoms with Gasteiger partial charge < -0.3 is 5.73 Å². The molecule has 0 amide bonds. The highest BCUT2D eigenvalue weighted by Crippen LogP contribution is 2.44. The minimum Gasteiger partial charge on any atom is -0.325 e. The summed E-state index contributed by atoms with van der Waals surface area (Å²) in [5.74, 6) is 1.63. The number of hydrogen-bond donors (Lipinski definition) is 1. The van der Waals surface area contributed by atoms with Crippen LogP contribution in [0.25, 0.3) is 0 Å². The third kappa shape index (κ3) is 3.71. The number of rotatable bonds is 3. The standard InChI is InChI=1S/C19H28BrN/c20-17-10-6-7-15(13-17)14-19(21)12-5-4-11-18(19)16-8-2-1-3-9-16/h6-7,10,13,16,18H,1-5,8-9,11-12,14,21H2. The molecule has 2 atom stereocenters. The number of nitrogens with two attached hydrogens (primary N) is 1. The van der Waals surface area contributed by atoms with E-state index in [1.54, 1.807) is 0 Å². The molecule has 2 unspecified atom stereocenters. The van der Waals surface area contributed by atoms with E-state index >= 15 is 0 Å². The van der Waals surface area contributed by atoms with Crippen molar-refractivity contribution in [3.63, 3.8) is 0 Å². The molecule has 3 rings (SSSR count). The Balaban J connectivity index is 1.77. The van der Waals surface area contributed by atoms with Crippen LogP contribution in [0.15, 0.2) is 28.7 Å². The Kier molecular flexibility index (Phi) is 5.06. The summed E-state index contributed by atoms with van der Waals surface area (Å²) in [6, 6.07) is 8.74. The molecule has 0 aliphatic heterocycles. The van der Waals surface area contributed by atoms with Crippen LogP contribution in [0.5, 0.6) is 0 Å². The fourth-order valence-electron chi connectivity index (χ4n) is 4.78. The first-order valence-electron chi connectivity index (χ1n) is 8.71. The maximum Gasteiger partial charge on any atom is 0.0226 e. The van der Waals surface area contributed by atoms with Crippen LogP contribution >= 0.6 is 15.9 Å². The van der Waals surface area contributed by atoms with Gasteiger partial charge in [0.15, 0.2) is 0 Å². The minimum absolute atomic E-state index is 0.0288. The molecule has 0 saturated heterocycles. The van der Waals surface area contributed by atoms with E-state index in [1.807, 2.05) is 0 Å². The van der Waals surface area contributed by atoms with Crippen molar-refractivity contribution in [3.8, 4) is 0 Å². The van der Waals surface area contributed by atoms with E-state index in [2.05, 4.69) is 40.2 Å². The third-order valence-electron chi connectivity index (χ3n) is 5.79. The highest BCUT2D eigenvalue weighted by Gasteiger charge is 2.41. The van der Waals surface area contributed by atoms with E-state index in [-0.39, 0.29) is 5.54 Å². The molecule has 2 heteroatoms. The molecule has 0 spiro atoms. The van der Waals surface area contributed by atoms with Crippen molar-refractivity contribution in [1.82, 2.24) is 0 Å². The Morgan fingerprint density at radius 3 is 2.57 bits per heavy atom. The molecular weight excluding hydrogens is 322 g/mol. The molecule has 1 aromatic rings. The molecule has 0 aromatic heterocycles. The van der Waals surface area contributed by atoms with Crippen molar-refractivity contribution >= 4 is 15.9 Å². The summed E-state index contributed by atoms with van der Waals surface area (Å²) in [6.45, 7) is 0. The lowest BCUT2D eigenvalue weighted by Gasteiger charge is -2.46. The molecule has 1 nitrogen and oxygen atoms in total. The van der Waals surface area contributed by atoms with Gasteiger partial charge in [-0.2, -0.15) is 0 Å². The Bertz CT molecular complexity index is 466. The van der Waals surface area contributed by atoms with E-state index in [9.17, 15) is 0 Å². The Hall–Kier alpha value is -0.340. The molecule has 1 aromatic carbocycles. The molecule has 2 saturated carbocycles. The highest BCUT2D eigenvalue weighted by molar-refractivity contribution is 9.10. The fourth-order valence-corrected chi connectivity index (χ4v) is 5.23. The second-order valence-electron chi connectivity index (χ2n) is 7.29. The lowest BCUT2D eigenvalue weighted by molar-refractivity contribution is 0.0995. The SMILES string of the molecule is NC1(Cc2cccc(Br)c2)CCCCC1C1CCCCC1. The fraction of sp³-hybridized carbons (Fsp3) is 0.684.